The van der Waals surface area contributed by atoms with Gasteiger partial charge in [-0.15, -0.1) is 34.4 Å². The summed E-state index contributed by atoms with van der Waals surface area (Å²) in [6, 6.07) is 13.2. The number of hydrogen-bond donors (Lipinski definition) is 2. The van der Waals surface area contributed by atoms with E-state index in [2.05, 4.69) is 11.4 Å². The van der Waals surface area contributed by atoms with Gasteiger partial charge in [0.25, 0.3) is 5.91 Å². The van der Waals surface area contributed by atoms with E-state index in [1.54, 1.807) is 64.9 Å². The van der Waals surface area contributed by atoms with Crippen LogP contribution < -0.4 is 10.1 Å². The Labute approximate surface area is 169 Å². The zero-order chi connectivity index (χ0) is 19.1. The van der Waals surface area contributed by atoms with Crippen molar-refractivity contribution in [3.63, 3.8) is 0 Å². The van der Waals surface area contributed by atoms with Gasteiger partial charge in [0, 0.05) is 16.2 Å². The number of ether oxygens (including phenoxy) is 1. The van der Waals surface area contributed by atoms with Crippen molar-refractivity contribution >= 4 is 46.3 Å². The highest BCUT2D eigenvalue weighted by atomic mass is 32.2. The number of thiophene rings is 2. The molecule has 1 atom stereocenters. The molecular weight excluding hydrogens is 402 g/mol. The highest BCUT2D eigenvalue weighted by Gasteiger charge is 2.23. The van der Waals surface area contributed by atoms with Crippen LogP contribution in [0.2, 0.25) is 0 Å². The van der Waals surface area contributed by atoms with Gasteiger partial charge in [-0.05, 0) is 41.1 Å². The minimum absolute atomic E-state index is 0.362. The summed E-state index contributed by atoms with van der Waals surface area (Å²) in [6.45, 7) is 0.514. The third kappa shape index (κ3) is 5.59. The van der Waals surface area contributed by atoms with Crippen molar-refractivity contribution in [2.24, 2.45) is 0 Å². The Hall–Kier alpha value is -2.29. The van der Waals surface area contributed by atoms with Gasteiger partial charge in [0.05, 0.1) is 10.8 Å². The van der Waals surface area contributed by atoms with E-state index in [1.807, 2.05) is 11.4 Å². The molecule has 8 heteroatoms. The predicted octanol–water partition coefficient (Wildman–Crippen LogP) is 4.54. The fourth-order valence-corrected chi connectivity index (χ4v) is 4.75. The molecule has 5 nitrogen and oxygen atoms in total. The lowest BCUT2D eigenvalue weighted by Crippen LogP contribution is -2.33. The van der Waals surface area contributed by atoms with Crippen molar-refractivity contribution in [3.05, 3.63) is 69.7 Å². The number of amides is 1. The Kier molecular flexibility index (Phi) is 6.92. The molecule has 0 aliphatic carbocycles. The van der Waals surface area contributed by atoms with E-state index in [-0.39, 0.29) is 0 Å². The number of benzene rings is 1. The van der Waals surface area contributed by atoms with Crippen molar-refractivity contribution in [2.45, 2.75) is 10.3 Å². The fraction of sp³-hybridized carbons (Fsp3) is 0.158. The zero-order valence-electron chi connectivity index (χ0n) is 14.2. The first kappa shape index (κ1) is 19.5. The number of aliphatic carboxylic acids is 1. The van der Waals surface area contributed by atoms with Gasteiger partial charge in [0.1, 0.15) is 5.75 Å². The normalized spacial score (nSPS) is 11.7. The standard InChI is InChI=1S/C19H17NO4S3/c21-18(20-17(19(22)23)15-6-2-9-25-15)13-4-1-5-14(12-13)24-8-11-27-16-7-3-10-26-16/h1-7,9-10,12,17H,8,11H2,(H,20,21)(H,22,23). The van der Waals surface area contributed by atoms with Crippen LogP contribution in [0, 0.1) is 0 Å². The molecule has 1 unspecified atom stereocenters. The molecule has 2 aromatic heterocycles. The molecule has 2 N–H and O–H groups in total. The van der Waals surface area contributed by atoms with E-state index in [4.69, 9.17) is 4.74 Å². The maximum Gasteiger partial charge on any atom is 0.331 e. The molecule has 1 amide bonds. The van der Waals surface area contributed by atoms with Crippen LogP contribution >= 0.6 is 34.4 Å². The average Bonchev–Trinajstić information content (AvgIpc) is 3.37. The highest BCUT2D eigenvalue weighted by Crippen LogP contribution is 2.24. The highest BCUT2D eigenvalue weighted by molar-refractivity contribution is 8.01. The third-order valence-corrected chi connectivity index (χ3v) is 6.57. The molecule has 2 heterocycles. The Morgan fingerprint density at radius 3 is 2.63 bits per heavy atom. The Bertz CT molecular complexity index is 878. The van der Waals surface area contributed by atoms with Crippen molar-refractivity contribution in [3.8, 4) is 5.75 Å². The van der Waals surface area contributed by atoms with Gasteiger partial charge >= 0.3 is 5.97 Å². The molecule has 0 saturated carbocycles. The first-order valence-corrected chi connectivity index (χ1v) is 10.8. The van der Waals surface area contributed by atoms with Crippen LogP contribution in [0.5, 0.6) is 5.75 Å². The van der Waals surface area contributed by atoms with E-state index in [0.29, 0.717) is 22.8 Å². The lowest BCUT2D eigenvalue weighted by molar-refractivity contribution is -0.139. The van der Waals surface area contributed by atoms with Crippen LogP contribution in [-0.2, 0) is 4.79 Å². The van der Waals surface area contributed by atoms with Crippen molar-refractivity contribution < 1.29 is 19.4 Å². The van der Waals surface area contributed by atoms with Crippen LogP contribution in [-0.4, -0.2) is 29.3 Å². The zero-order valence-corrected chi connectivity index (χ0v) is 16.6. The van der Waals surface area contributed by atoms with E-state index >= 15 is 0 Å². The number of hydrogen-bond acceptors (Lipinski definition) is 6. The molecule has 140 valence electrons. The smallest absolute Gasteiger partial charge is 0.331 e. The second kappa shape index (κ2) is 9.59. The lowest BCUT2D eigenvalue weighted by atomic mass is 10.1. The maximum absolute atomic E-state index is 12.5. The molecule has 27 heavy (non-hydrogen) atoms. The summed E-state index contributed by atoms with van der Waals surface area (Å²) >= 11 is 4.70. The molecule has 0 aliphatic rings. The van der Waals surface area contributed by atoms with Gasteiger partial charge < -0.3 is 15.2 Å². The van der Waals surface area contributed by atoms with Gasteiger partial charge in [-0.2, -0.15) is 0 Å². The molecule has 0 aliphatic heterocycles. The van der Waals surface area contributed by atoms with Crippen LogP contribution in [0.3, 0.4) is 0 Å². The number of carboxylic acids is 1. The van der Waals surface area contributed by atoms with E-state index in [1.165, 1.54) is 15.5 Å². The monoisotopic (exact) mass is 419 g/mol. The molecular formula is C19H17NO4S3. The van der Waals surface area contributed by atoms with Gasteiger partial charge in [0.15, 0.2) is 6.04 Å². The van der Waals surface area contributed by atoms with Crippen LogP contribution in [0.1, 0.15) is 21.3 Å². The first-order valence-electron chi connectivity index (χ1n) is 8.10. The number of carbonyl (C=O) groups is 2. The summed E-state index contributed by atoms with van der Waals surface area (Å²) in [5.41, 5.74) is 0.362. The largest absolute Gasteiger partial charge is 0.493 e. The van der Waals surface area contributed by atoms with Gasteiger partial charge in [-0.1, -0.05) is 18.2 Å². The van der Waals surface area contributed by atoms with Crippen molar-refractivity contribution in [1.82, 2.24) is 5.32 Å². The molecule has 0 bridgehead atoms. The van der Waals surface area contributed by atoms with Crippen molar-refractivity contribution in [1.29, 1.82) is 0 Å². The topological polar surface area (TPSA) is 75.6 Å². The molecule has 1 aromatic carbocycles. The number of carboxylic acid groups (broad SMARTS) is 1. The number of thioether (sulfide) groups is 1. The summed E-state index contributed by atoms with van der Waals surface area (Å²) in [5, 5.41) is 15.8. The second-order valence-electron chi connectivity index (χ2n) is 5.42. The Balaban J connectivity index is 1.57. The first-order chi connectivity index (χ1) is 13.1. The summed E-state index contributed by atoms with van der Waals surface area (Å²) in [5.74, 6) is -0.161. The lowest BCUT2D eigenvalue weighted by Gasteiger charge is -2.13. The Morgan fingerprint density at radius 1 is 1.11 bits per heavy atom. The number of carbonyl (C=O) groups excluding carboxylic acids is 1. The van der Waals surface area contributed by atoms with E-state index in [0.717, 1.165) is 5.75 Å². The summed E-state index contributed by atoms with van der Waals surface area (Å²) in [6.07, 6.45) is 0. The quantitative estimate of drug-likeness (QED) is 0.393. The van der Waals surface area contributed by atoms with Gasteiger partial charge in [-0.3, -0.25) is 4.79 Å². The maximum atomic E-state index is 12.5. The van der Waals surface area contributed by atoms with Crippen molar-refractivity contribution in [2.75, 3.05) is 12.4 Å². The van der Waals surface area contributed by atoms with E-state index in [9.17, 15) is 14.7 Å². The molecule has 0 saturated heterocycles. The van der Waals surface area contributed by atoms with E-state index < -0.39 is 17.9 Å². The summed E-state index contributed by atoms with van der Waals surface area (Å²) in [7, 11) is 0. The molecule has 0 radical (unpaired) electrons. The number of rotatable bonds is 9. The number of nitrogens with one attached hydrogen (secondary N) is 1. The summed E-state index contributed by atoms with van der Waals surface area (Å²) < 4.78 is 6.95. The molecule has 3 aromatic rings. The fourth-order valence-electron chi connectivity index (χ4n) is 2.30. The average molecular weight is 420 g/mol. The van der Waals surface area contributed by atoms with Gasteiger partial charge in [0.2, 0.25) is 0 Å². The van der Waals surface area contributed by atoms with Crippen LogP contribution in [0.15, 0.2) is 63.5 Å². The summed E-state index contributed by atoms with van der Waals surface area (Å²) in [4.78, 5) is 24.5. The minimum atomic E-state index is -1.09. The van der Waals surface area contributed by atoms with Crippen LogP contribution in [0.4, 0.5) is 0 Å². The molecule has 3 rings (SSSR count). The van der Waals surface area contributed by atoms with Gasteiger partial charge in [-0.25, -0.2) is 4.79 Å². The van der Waals surface area contributed by atoms with Crippen LogP contribution in [0.25, 0.3) is 0 Å². The molecule has 0 spiro atoms. The minimum Gasteiger partial charge on any atom is -0.493 e. The second-order valence-corrected chi connectivity index (χ2v) is 8.74. The predicted molar refractivity (Wildman–Crippen MR) is 109 cm³/mol. The Morgan fingerprint density at radius 2 is 1.93 bits per heavy atom. The third-order valence-electron chi connectivity index (χ3n) is 3.54. The SMILES string of the molecule is O=C(NC(C(=O)O)c1cccs1)c1cccc(OCCSc2cccs2)c1. The molecule has 0 fully saturated rings.